The molecule has 1 aliphatic rings. The quantitative estimate of drug-likeness (QED) is 0.748. The van der Waals surface area contributed by atoms with Crippen molar-refractivity contribution in [1.82, 2.24) is 4.90 Å². The minimum Gasteiger partial charge on any atom is -0.377 e. The van der Waals surface area contributed by atoms with E-state index in [9.17, 15) is 4.79 Å². The van der Waals surface area contributed by atoms with Gasteiger partial charge in [0.05, 0.1) is 11.1 Å². The fraction of sp³-hybridized carbons (Fsp3) is 0.533. The van der Waals surface area contributed by atoms with E-state index < -0.39 is 0 Å². The van der Waals surface area contributed by atoms with Gasteiger partial charge in [0.25, 0.3) is 0 Å². The Morgan fingerprint density at radius 2 is 2.30 bits per heavy atom. The molecule has 5 heteroatoms. The Balaban J connectivity index is 1.91. The molecule has 1 aromatic carbocycles. The summed E-state index contributed by atoms with van der Waals surface area (Å²) in [4.78, 5) is 14.4. The van der Waals surface area contributed by atoms with Gasteiger partial charge in [0.2, 0.25) is 0 Å². The van der Waals surface area contributed by atoms with Gasteiger partial charge in [0.15, 0.2) is 5.78 Å². The average Bonchev–Trinajstić information content (AvgIpc) is 2.82. The minimum atomic E-state index is 0.0842. The molecule has 0 spiro atoms. The van der Waals surface area contributed by atoms with Gasteiger partial charge in [0, 0.05) is 35.7 Å². The van der Waals surface area contributed by atoms with Gasteiger partial charge in [-0.15, -0.1) is 0 Å². The molecule has 2 rings (SSSR count). The van der Waals surface area contributed by atoms with E-state index in [0.717, 1.165) is 24.0 Å². The van der Waals surface area contributed by atoms with Crippen LogP contribution in [-0.4, -0.2) is 43.0 Å². The van der Waals surface area contributed by atoms with E-state index in [1.165, 1.54) is 0 Å². The number of halogens is 2. The van der Waals surface area contributed by atoms with E-state index in [4.69, 9.17) is 16.3 Å². The van der Waals surface area contributed by atoms with Gasteiger partial charge in [-0.1, -0.05) is 27.5 Å². The highest BCUT2D eigenvalue weighted by Crippen LogP contribution is 2.23. The number of carbonyl (C=O) groups is 1. The van der Waals surface area contributed by atoms with Crippen LogP contribution < -0.4 is 0 Å². The second-order valence-electron chi connectivity index (χ2n) is 5.21. The summed E-state index contributed by atoms with van der Waals surface area (Å²) in [6.07, 6.45) is 1.75. The third-order valence-electron chi connectivity index (χ3n) is 3.83. The maximum absolute atomic E-state index is 12.2. The largest absolute Gasteiger partial charge is 0.377 e. The zero-order valence-electron chi connectivity index (χ0n) is 11.7. The lowest BCUT2D eigenvalue weighted by Crippen LogP contribution is -2.37. The molecular formula is C15H19BrClNO2. The third kappa shape index (κ3) is 3.82. The zero-order chi connectivity index (χ0) is 14.7. The highest BCUT2D eigenvalue weighted by atomic mass is 79.9. The first-order chi connectivity index (χ1) is 9.49. The lowest BCUT2D eigenvalue weighted by atomic mass is 10.1. The molecule has 1 saturated heterocycles. The lowest BCUT2D eigenvalue weighted by Gasteiger charge is -2.26. The summed E-state index contributed by atoms with van der Waals surface area (Å²) in [7, 11) is 2.05. The van der Waals surface area contributed by atoms with Crippen LogP contribution in [0.15, 0.2) is 22.7 Å². The highest BCUT2D eigenvalue weighted by molar-refractivity contribution is 9.10. The van der Waals surface area contributed by atoms with Crippen LogP contribution in [0, 0.1) is 0 Å². The van der Waals surface area contributed by atoms with Crippen molar-refractivity contribution in [3.63, 3.8) is 0 Å². The van der Waals surface area contributed by atoms with Crippen molar-refractivity contribution in [1.29, 1.82) is 0 Å². The van der Waals surface area contributed by atoms with Gasteiger partial charge in [-0.3, -0.25) is 4.79 Å². The standard InChI is InChI=1S/C15H19BrClNO2/c1-10-14(6-8-20-10)18(2)7-5-15(19)12-4-3-11(16)9-13(12)17/h3-4,9-10,14H,5-8H2,1-2H3. The van der Waals surface area contributed by atoms with E-state index in [-0.39, 0.29) is 11.9 Å². The Hall–Kier alpha value is -0.420. The molecule has 0 N–H and O–H groups in total. The first-order valence-corrected chi connectivity index (χ1v) is 7.96. The zero-order valence-corrected chi connectivity index (χ0v) is 14.1. The Labute approximate surface area is 133 Å². The number of hydrogen-bond donors (Lipinski definition) is 0. The van der Waals surface area contributed by atoms with E-state index in [2.05, 4.69) is 27.8 Å². The van der Waals surface area contributed by atoms with Gasteiger partial charge in [-0.25, -0.2) is 0 Å². The van der Waals surface area contributed by atoms with E-state index in [1.807, 2.05) is 13.1 Å². The number of ketones is 1. The summed E-state index contributed by atoms with van der Waals surface area (Å²) in [5, 5.41) is 0.504. The number of ether oxygens (including phenoxy) is 1. The number of Topliss-reactive ketones (excluding diaryl/α,β-unsaturated/α-hetero) is 1. The molecule has 3 nitrogen and oxygen atoms in total. The van der Waals surface area contributed by atoms with Crippen LogP contribution in [0.2, 0.25) is 5.02 Å². The molecule has 1 fully saturated rings. The molecule has 2 unspecified atom stereocenters. The monoisotopic (exact) mass is 359 g/mol. The normalized spacial score (nSPS) is 22.4. The van der Waals surface area contributed by atoms with Crippen LogP contribution in [-0.2, 0) is 4.74 Å². The molecule has 20 heavy (non-hydrogen) atoms. The molecule has 0 aromatic heterocycles. The Kier molecular flexibility index (Phi) is 5.61. The van der Waals surface area contributed by atoms with Gasteiger partial charge in [-0.05, 0) is 38.6 Å². The van der Waals surface area contributed by atoms with Gasteiger partial charge >= 0.3 is 0 Å². The fourth-order valence-electron chi connectivity index (χ4n) is 2.59. The molecule has 1 aromatic rings. The molecule has 1 aliphatic heterocycles. The van der Waals surface area contributed by atoms with Crippen molar-refractivity contribution in [2.24, 2.45) is 0 Å². The van der Waals surface area contributed by atoms with E-state index in [1.54, 1.807) is 12.1 Å². The smallest absolute Gasteiger partial charge is 0.165 e. The second kappa shape index (κ2) is 7.03. The van der Waals surface area contributed by atoms with Gasteiger partial charge in [0.1, 0.15) is 0 Å². The highest BCUT2D eigenvalue weighted by Gasteiger charge is 2.27. The summed E-state index contributed by atoms with van der Waals surface area (Å²) in [5.41, 5.74) is 0.596. The van der Waals surface area contributed by atoms with Crippen LogP contribution in [0.4, 0.5) is 0 Å². The number of nitrogens with zero attached hydrogens (tertiary/aromatic N) is 1. The molecule has 2 atom stereocenters. The average molecular weight is 361 g/mol. The van der Waals surface area contributed by atoms with Crippen LogP contribution >= 0.6 is 27.5 Å². The summed E-state index contributed by atoms with van der Waals surface area (Å²) in [6.45, 7) is 3.62. The number of hydrogen-bond acceptors (Lipinski definition) is 3. The number of carbonyl (C=O) groups excluding carboxylic acids is 1. The van der Waals surface area contributed by atoms with Crippen molar-refractivity contribution in [2.75, 3.05) is 20.2 Å². The first kappa shape index (κ1) is 16.0. The van der Waals surface area contributed by atoms with Crippen LogP contribution in [0.1, 0.15) is 30.1 Å². The minimum absolute atomic E-state index is 0.0842. The Bertz CT molecular complexity index is 495. The molecule has 0 radical (unpaired) electrons. The molecule has 0 aliphatic carbocycles. The molecule has 0 saturated carbocycles. The molecular weight excluding hydrogens is 342 g/mol. The first-order valence-electron chi connectivity index (χ1n) is 6.79. The Morgan fingerprint density at radius 1 is 1.55 bits per heavy atom. The third-order valence-corrected chi connectivity index (χ3v) is 4.63. The number of benzene rings is 1. The lowest BCUT2D eigenvalue weighted by molar-refractivity contribution is 0.0793. The van der Waals surface area contributed by atoms with Crippen LogP contribution in [0.5, 0.6) is 0 Å². The topological polar surface area (TPSA) is 29.5 Å². The van der Waals surface area contributed by atoms with Crippen LogP contribution in [0.25, 0.3) is 0 Å². The van der Waals surface area contributed by atoms with Gasteiger partial charge < -0.3 is 9.64 Å². The fourth-order valence-corrected chi connectivity index (χ4v) is 3.37. The summed E-state index contributed by atoms with van der Waals surface area (Å²) in [6, 6.07) is 5.78. The molecule has 110 valence electrons. The van der Waals surface area contributed by atoms with Crippen molar-refractivity contribution in [2.45, 2.75) is 31.9 Å². The maximum Gasteiger partial charge on any atom is 0.165 e. The van der Waals surface area contributed by atoms with Crippen molar-refractivity contribution >= 4 is 33.3 Å². The number of rotatable bonds is 5. The van der Waals surface area contributed by atoms with Crippen molar-refractivity contribution < 1.29 is 9.53 Å². The summed E-state index contributed by atoms with van der Waals surface area (Å²) in [5.74, 6) is 0.0842. The number of likely N-dealkylation sites (N-methyl/N-ethyl adjacent to an activating group) is 1. The molecule has 1 heterocycles. The Morgan fingerprint density at radius 3 is 2.90 bits per heavy atom. The van der Waals surface area contributed by atoms with Crippen molar-refractivity contribution in [3.8, 4) is 0 Å². The predicted octanol–water partition coefficient (Wildman–Crippen LogP) is 3.78. The second-order valence-corrected chi connectivity index (χ2v) is 6.53. The molecule has 0 amide bonds. The maximum atomic E-state index is 12.2. The summed E-state index contributed by atoms with van der Waals surface area (Å²) >= 11 is 9.45. The van der Waals surface area contributed by atoms with Gasteiger partial charge in [-0.2, -0.15) is 0 Å². The van der Waals surface area contributed by atoms with Crippen molar-refractivity contribution in [3.05, 3.63) is 33.3 Å². The SMILES string of the molecule is CC1OCCC1N(C)CCC(=O)c1ccc(Br)cc1Cl. The molecule has 0 bridgehead atoms. The van der Waals surface area contributed by atoms with E-state index >= 15 is 0 Å². The van der Waals surface area contributed by atoms with Crippen LogP contribution in [0.3, 0.4) is 0 Å². The van der Waals surface area contributed by atoms with E-state index in [0.29, 0.717) is 23.0 Å². The summed E-state index contributed by atoms with van der Waals surface area (Å²) < 4.78 is 6.44. The predicted molar refractivity (Wildman–Crippen MR) is 84.5 cm³/mol.